The maximum absolute atomic E-state index is 13.2. The number of hydrogen-bond acceptors (Lipinski definition) is 6. The zero-order valence-electron chi connectivity index (χ0n) is 19.0. The fraction of sp³-hybridized carbons (Fsp3) is 0.292. The van der Waals surface area contributed by atoms with Crippen LogP contribution in [0.25, 0.3) is 11.3 Å². The van der Waals surface area contributed by atoms with Gasteiger partial charge in [0.2, 0.25) is 15.9 Å². The Morgan fingerprint density at radius 1 is 0.971 bits per heavy atom. The van der Waals surface area contributed by atoms with Crippen LogP contribution in [0.15, 0.2) is 65.8 Å². The van der Waals surface area contributed by atoms with Crippen LogP contribution in [0.2, 0.25) is 0 Å². The second-order valence-corrected chi connectivity index (χ2v) is 10.3. The van der Waals surface area contributed by atoms with E-state index in [0.717, 1.165) is 5.56 Å². The molecule has 1 N–H and O–H groups in total. The number of nitrogens with zero attached hydrogens (tertiary/aromatic N) is 4. The molecule has 1 aliphatic rings. The van der Waals surface area contributed by atoms with Gasteiger partial charge in [0.05, 0.1) is 10.6 Å². The Morgan fingerprint density at radius 2 is 1.62 bits per heavy atom. The van der Waals surface area contributed by atoms with E-state index in [9.17, 15) is 17.6 Å². The normalized spacial score (nSPS) is 14.9. The van der Waals surface area contributed by atoms with Crippen LogP contribution in [0.5, 0.6) is 0 Å². The molecule has 10 heteroatoms. The molecule has 34 heavy (non-hydrogen) atoms. The van der Waals surface area contributed by atoms with Gasteiger partial charge in [0, 0.05) is 49.4 Å². The number of hydrogen-bond donors (Lipinski definition) is 1. The molecule has 0 saturated carbocycles. The lowest BCUT2D eigenvalue weighted by Gasteiger charge is -2.34. The minimum Gasteiger partial charge on any atom is -0.354 e. The van der Waals surface area contributed by atoms with Gasteiger partial charge in [-0.3, -0.25) is 4.79 Å². The summed E-state index contributed by atoms with van der Waals surface area (Å²) in [6.07, 6.45) is 1.46. The van der Waals surface area contributed by atoms with Crippen LogP contribution in [0.4, 0.5) is 15.9 Å². The quantitative estimate of drug-likeness (QED) is 0.578. The summed E-state index contributed by atoms with van der Waals surface area (Å²) in [5.41, 5.74) is 2.01. The molecular formula is C24H26FN5O3S. The van der Waals surface area contributed by atoms with Gasteiger partial charge in [-0.05, 0) is 48.5 Å². The summed E-state index contributed by atoms with van der Waals surface area (Å²) in [4.78, 5) is 22.6. The molecule has 8 nitrogen and oxygen atoms in total. The van der Waals surface area contributed by atoms with Gasteiger partial charge in [-0.1, -0.05) is 13.8 Å². The largest absolute Gasteiger partial charge is 0.354 e. The SMILES string of the molecule is CC(C)C(=O)Nc1ccc(S(=O)(=O)N2CCN(c3cc(-c4ccc(F)cc4)ncn3)CC2)cc1. The van der Waals surface area contributed by atoms with Crippen LogP contribution < -0.4 is 10.2 Å². The van der Waals surface area contributed by atoms with Crippen molar-refractivity contribution in [2.75, 3.05) is 36.4 Å². The number of carbonyl (C=O) groups is 1. The minimum atomic E-state index is -3.66. The van der Waals surface area contributed by atoms with E-state index < -0.39 is 10.0 Å². The summed E-state index contributed by atoms with van der Waals surface area (Å²) in [6.45, 7) is 5.15. The molecule has 1 saturated heterocycles. The molecule has 1 amide bonds. The van der Waals surface area contributed by atoms with Gasteiger partial charge in [0.1, 0.15) is 18.0 Å². The predicted molar refractivity (Wildman–Crippen MR) is 128 cm³/mol. The van der Waals surface area contributed by atoms with Gasteiger partial charge < -0.3 is 10.2 Å². The van der Waals surface area contributed by atoms with Crippen molar-refractivity contribution in [1.29, 1.82) is 0 Å². The van der Waals surface area contributed by atoms with E-state index >= 15 is 0 Å². The highest BCUT2D eigenvalue weighted by Gasteiger charge is 2.29. The van der Waals surface area contributed by atoms with E-state index in [0.29, 0.717) is 43.4 Å². The Balaban J connectivity index is 1.42. The van der Waals surface area contributed by atoms with Crippen molar-refractivity contribution in [2.45, 2.75) is 18.7 Å². The number of nitrogens with one attached hydrogen (secondary N) is 1. The van der Waals surface area contributed by atoms with E-state index in [-0.39, 0.29) is 22.5 Å². The summed E-state index contributed by atoms with van der Waals surface area (Å²) in [5, 5.41) is 2.76. The Bertz CT molecular complexity index is 1260. The van der Waals surface area contributed by atoms with Crippen LogP contribution in [-0.2, 0) is 14.8 Å². The zero-order valence-corrected chi connectivity index (χ0v) is 19.8. The van der Waals surface area contributed by atoms with Crippen molar-refractivity contribution < 1.29 is 17.6 Å². The van der Waals surface area contributed by atoms with E-state index in [1.54, 1.807) is 38.1 Å². The van der Waals surface area contributed by atoms with Crippen molar-refractivity contribution in [1.82, 2.24) is 14.3 Å². The van der Waals surface area contributed by atoms with Crippen LogP contribution in [0.3, 0.4) is 0 Å². The minimum absolute atomic E-state index is 0.126. The maximum Gasteiger partial charge on any atom is 0.243 e. The average Bonchev–Trinajstić information content (AvgIpc) is 2.85. The second-order valence-electron chi connectivity index (χ2n) is 8.33. The molecule has 2 aromatic carbocycles. The second kappa shape index (κ2) is 9.86. The lowest BCUT2D eigenvalue weighted by Crippen LogP contribution is -2.48. The highest BCUT2D eigenvalue weighted by atomic mass is 32.2. The first kappa shape index (κ1) is 23.8. The maximum atomic E-state index is 13.2. The Kier molecular flexibility index (Phi) is 6.90. The Hall–Kier alpha value is -3.37. The van der Waals surface area contributed by atoms with Gasteiger partial charge >= 0.3 is 0 Å². The van der Waals surface area contributed by atoms with Crippen molar-refractivity contribution in [2.24, 2.45) is 5.92 Å². The van der Waals surface area contributed by atoms with Crippen molar-refractivity contribution in [3.05, 3.63) is 66.7 Å². The fourth-order valence-electron chi connectivity index (χ4n) is 3.60. The Labute approximate surface area is 198 Å². The molecule has 0 atom stereocenters. The average molecular weight is 484 g/mol. The van der Waals surface area contributed by atoms with E-state index in [4.69, 9.17) is 0 Å². The molecule has 178 valence electrons. The molecule has 1 aliphatic heterocycles. The van der Waals surface area contributed by atoms with Gasteiger partial charge in [0.25, 0.3) is 0 Å². The first-order valence-corrected chi connectivity index (χ1v) is 12.4. The predicted octanol–water partition coefficient (Wildman–Crippen LogP) is 3.39. The van der Waals surface area contributed by atoms with Crippen LogP contribution in [-0.4, -0.2) is 54.8 Å². The monoisotopic (exact) mass is 483 g/mol. The van der Waals surface area contributed by atoms with Crippen LogP contribution in [0, 0.1) is 11.7 Å². The fourth-order valence-corrected chi connectivity index (χ4v) is 5.02. The lowest BCUT2D eigenvalue weighted by atomic mass is 10.1. The highest BCUT2D eigenvalue weighted by Crippen LogP contribution is 2.24. The van der Waals surface area contributed by atoms with Gasteiger partial charge in [0.15, 0.2) is 0 Å². The highest BCUT2D eigenvalue weighted by molar-refractivity contribution is 7.89. The number of aromatic nitrogens is 2. The number of amides is 1. The number of piperazine rings is 1. The number of anilines is 2. The summed E-state index contributed by atoms with van der Waals surface area (Å²) in [6, 6.07) is 14.1. The van der Waals surface area contributed by atoms with Crippen LogP contribution in [0.1, 0.15) is 13.8 Å². The standard InChI is InChI=1S/C24H26FN5O3S/c1-17(2)24(31)28-20-7-9-21(10-8-20)34(32,33)30-13-11-29(12-14-30)23-15-22(26-16-27-23)18-3-5-19(25)6-4-18/h3-10,15-17H,11-14H2,1-2H3,(H,28,31). The van der Waals surface area contributed by atoms with E-state index in [1.165, 1.54) is 34.9 Å². The molecule has 0 spiro atoms. The molecule has 0 unspecified atom stereocenters. The summed E-state index contributed by atoms with van der Waals surface area (Å²) < 4.78 is 40.9. The molecule has 3 aromatic rings. The van der Waals surface area contributed by atoms with Crippen LogP contribution >= 0.6 is 0 Å². The summed E-state index contributed by atoms with van der Waals surface area (Å²) >= 11 is 0. The van der Waals surface area contributed by atoms with E-state index in [2.05, 4.69) is 15.3 Å². The third-order valence-corrected chi connectivity index (χ3v) is 7.55. The molecule has 4 rings (SSSR count). The van der Waals surface area contributed by atoms with Gasteiger partial charge in [-0.25, -0.2) is 22.8 Å². The smallest absolute Gasteiger partial charge is 0.243 e. The summed E-state index contributed by atoms with van der Waals surface area (Å²) in [5.74, 6) is 0.0855. The van der Waals surface area contributed by atoms with Crippen molar-refractivity contribution in [3.63, 3.8) is 0 Å². The number of carbonyl (C=O) groups excluding carboxylic acids is 1. The Morgan fingerprint density at radius 3 is 2.24 bits per heavy atom. The first-order valence-electron chi connectivity index (χ1n) is 11.0. The molecule has 0 bridgehead atoms. The topological polar surface area (TPSA) is 95.5 Å². The number of sulfonamides is 1. The van der Waals surface area contributed by atoms with Crippen molar-refractivity contribution in [3.8, 4) is 11.3 Å². The molecule has 1 fully saturated rings. The number of rotatable bonds is 6. The van der Waals surface area contributed by atoms with Gasteiger partial charge in [-0.2, -0.15) is 4.31 Å². The molecule has 1 aromatic heterocycles. The molecular weight excluding hydrogens is 457 g/mol. The van der Waals surface area contributed by atoms with E-state index in [1.807, 2.05) is 11.0 Å². The van der Waals surface area contributed by atoms with Crippen molar-refractivity contribution >= 4 is 27.4 Å². The zero-order chi connectivity index (χ0) is 24.3. The third-order valence-electron chi connectivity index (χ3n) is 5.64. The molecule has 0 aliphatic carbocycles. The number of halogens is 1. The molecule has 2 heterocycles. The lowest BCUT2D eigenvalue weighted by molar-refractivity contribution is -0.118. The first-order chi connectivity index (χ1) is 16.2. The number of benzene rings is 2. The summed E-state index contributed by atoms with van der Waals surface area (Å²) in [7, 11) is -3.66. The third kappa shape index (κ3) is 5.23. The molecule has 0 radical (unpaired) electrons. The van der Waals surface area contributed by atoms with Gasteiger partial charge in [-0.15, -0.1) is 0 Å².